The first kappa shape index (κ1) is 8.43. The van der Waals surface area contributed by atoms with E-state index in [1.54, 1.807) is 18.2 Å². The quantitative estimate of drug-likeness (QED) is 0.721. The van der Waals surface area contributed by atoms with E-state index in [-0.39, 0.29) is 17.5 Å². The van der Waals surface area contributed by atoms with E-state index >= 15 is 0 Å². The maximum atomic E-state index is 10.3. The second-order valence-electron chi connectivity index (χ2n) is 2.59. The van der Waals surface area contributed by atoms with E-state index in [1.807, 2.05) is 0 Å². The maximum Gasteiger partial charge on any atom is 0.262 e. The van der Waals surface area contributed by atoms with Gasteiger partial charge in [-0.1, -0.05) is 17.3 Å². The van der Waals surface area contributed by atoms with Crippen molar-refractivity contribution in [1.82, 2.24) is 10.1 Å². The molecule has 0 fully saturated rings. The summed E-state index contributed by atoms with van der Waals surface area (Å²) >= 11 is 0. The molecule has 0 aliphatic rings. The molecular formula is C9H6N2O3. The first-order valence-corrected chi connectivity index (χ1v) is 3.88. The second kappa shape index (κ2) is 3.29. The number of para-hydroxylation sites is 1. The Hall–Kier alpha value is -2.17. The summed E-state index contributed by atoms with van der Waals surface area (Å²) in [6.45, 7) is 0. The highest BCUT2D eigenvalue weighted by atomic mass is 16.5. The van der Waals surface area contributed by atoms with Gasteiger partial charge in [0.05, 0.1) is 5.56 Å². The van der Waals surface area contributed by atoms with Gasteiger partial charge in [0.2, 0.25) is 5.82 Å². The lowest BCUT2D eigenvalue weighted by Gasteiger charge is -1.96. The van der Waals surface area contributed by atoms with Gasteiger partial charge in [0.1, 0.15) is 5.75 Å². The molecule has 0 saturated heterocycles. The van der Waals surface area contributed by atoms with Crippen molar-refractivity contribution in [3.8, 4) is 17.2 Å². The molecule has 0 aliphatic carbocycles. The lowest BCUT2D eigenvalue weighted by atomic mass is 10.2. The molecule has 5 heteroatoms. The molecule has 14 heavy (non-hydrogen) atoms. The highest BCUT2D eigenvalue weighted by molar-refractivity contribution is 5.70. The molecule has 5 nitrogen and oxygen atoms in total. The molecule has 1 aromatic carbocycles. The second-order valence-corrected chi connectivity index (χ2v) is 2.59. The SMILES string of the molecule is O=Cc1noc(-c2ccccc2O)n1. The Balaban J connectivity index is 2.49. The summed E-state index contributed by atoms with van der Waals surface area (Å²) in [5, 5.41) is 12.8. The van der Waals surface area contributed by atoms with Gasteiger partial charge < -0.3 is 9.63 Å². The van der Waals surface area contributed by atoms with Gasteiger partial charge in [0.25, 0.3) is 5.89 Å². The summed E-state index contributed by atoms with van der Waals surface area (Å²) in [5.41, 5.74) is 0.410. The zero-order valence-electron chi connectivity index (χ0n) is 7.04. The van der Waals surface area contributed by atoms with E-state index in [4.69, 9.17) is 4.52 Å². The number of aromatic hydroxyl groups is 1. The van der Waals surface area contributed by atoms with E-state index < -0.39 is 0 Å². The summed E-state index contributed by atoms with van der Waals surface area (Å²) in [7, 11) is 0. The van der Waals surface area contributed by atoms with Gasteiger partial charge >= 0.3 is 0 Å². The van der Waals surface area contributed by atoms with Crippen LogP contribution in [0.25, 0.3) is 11.5 Å². The van der Waals surface area contributed by atoms with Crippen LogP contribution in [0.2, 0.25) is 0 Å². The lowest BCUT2D eigenvalue weighted by Crippen LogP contribution is -1.82. The molecular weight excluding hydrogens is 184 g/mol. The lowest BCUT2D eigenvalue weighted by molar-refractivity contribution is 0.111. The van der Waals surface area contributed by atoms with Gasteiger partial charge in [-0.05, 0) is 12.1 Å². The zero-order chi connectivity index (χ0) is 9.97. The molecule has 70 valence electrons. The molecule has 0 aliphatic heterocycles. The molecule has 0 atom stereocenters. The molecule has 0 radical (unpaired) electrons. The number of hydrogen-bond donors (Lipinski definition) is 1. The van der Waals surface area contributed by atoms with E-state index in [0.717, 1.165) is 0 Å². The fourth-order valence-electron chi connectivity index (χ4n) is 1.05. The largest absolute Gasteiger partial charge is 0.507 e. The monoisotopic (exact) mass is 190 g/mol. The van der Waals surface area contributed by atoms with Gasteiger partial charge in [-0.2, -0.15) is 4.98 Å². The predicted octanol–water partition coefficient (Wildman–Crippen LogP) is 1.25. The van der Waals surface area contributed by atoms with Gasteiger partial charge in [-0.25, -0.2) is 0 Å². The van der Waals surface area contributed by atoms with Crippen LogP contribution in [0.5, 0.6) is 5.75 Å². The molecule has 1 heterocycles. The van der Waals surface area contributed by atoms with Gasteiger partial charge in [0, 0.05) is 0 Å². The fraction of sp³-hybridized carbons (Fsp3) is 0. The van der Waals surface area contributed by atoms with Crippen molar-refractivity contribution in [2.75, 3.05) is 0 Å². The minimum atomic E-state index is -0.0387. The topological polar surface area (TPSA) is 76.2 Å². The van der Waals surface area contributed by atoms with Crippen molar-refractivity contribution in [2.24, 2.45) is 0 Å². The highest BCUT2D eigenvalue weighted by Crippen LogP contribution is 2.26. The molecule has 0 amide bonds. The van der Waals surface area contributed by atoms with E-state index in [1.165, 1.54) is 6.07 Å². The average molecular weight is 190 g/mol. The Bertz CT molecular complexity index is 465. The number of hydrogen-bond acceptors (Lipinski definition) is 5. The van der Waals surface area contributed by atoms with Crippen LogP contribution in [0, 0.1) is 0 Å². The highest BCUT2D eigenvalue weighted by Gasteiger charge is 2.10. The Kier molecular flexibility index (Phi) is 1.98. The molecule has 2 aromatic rings. The Morgan fingerprint density at radius 1 is 1.36 bits per heavy atom. The first-order chi connectivity index (χ1) is 6.81. The molecule has 0 saturated carbocycles. The van der Waals surface area contributed by atoms with E-state index in [0.29, 0.717) is 11.8 Å². The van der Waals surface area contributed by atoms with Crippen molar-refractivity contribution in [3.63, 3.8) is 0 Å². The van der Waals surface area contributed by atoms with Crippen molar-refractivity contribution < 1.29 is 14.4 Å². The van der Waals surface area contributed by atoms with E-state index in [2.05, 4.69) is 10.1 Å². The molecule has 0 unspecified atom stereocenters. The number of benzene rings is 1. The number of rotatable bonds is 2. The molecule has 2 rings (SSSR count). The Morgan fingerprint density at radius 2 is 2.14 bits per heavy atom. The molecule has 1 aromatic heterocycles. The van der Waals surface area contributed by atoms with Gasteiger partial charge in [-0.3, -0.25) is 4.79 Å². The minimum Gasteiger partial charge on any atom is -0.507 e. The number of phenolic OH excluding ortho intramolecular Hbond substituents is 1. The van der Waals surface area contributed by atoms with Crippen LogP contribution >= 0.6 is 0 Å². The maximum absolute atomic E-state index is 10.3. The third kappa shape index (κ3) is 1.35. The summed E-state index contributed by atoms with van der Waals surface area (Å²) in [6.07, 6.45) is 0.479. The summed E-state index contributed by atoms with van der Waals surface area (Å²) in [6, 6.07) is 6.52. The fourth-order valence-corrected chi connectivity index (χ4v) is 1.05. The molecule has 1 N–H and O–H groups in total. The van der Waals surface area contributed by atoms with Crippen molar-refractivity contribution in [3.05, 3.63) is 30.1 Å². The van der Waals surface area contributed by atoms with Crippen LogP contribution in [-0.2, 0) is 0 Å². The average Bonchev–Trinajstić information content (AvgIpc) is 2.67. The number of phenols is 1. The smallest absolute Gasteiger partial charge is 0.262 e. The van der Waals surface area contributed by atoms with Crippen LogP contribution in [0.15, 0.2) is 28.8 Å². The molecule has 0 bridgehead atoms. The van der Waals surface area contributed by atoms with Crippen molar-refractivity contribution in [2.45, 2.75) is 0 Å². The van der Waals surface area contributed by atoms with Crippen LogP contribution in [0.3, 0.4) is 0 Å². The predicted molar refractivity (Wildman–Crippen MR) is 46.8 cm³/mol. The third-order valence-electron chi connectivity index (χ3n) is 1.68. The standard InChI is InChI=1S/C9H6N2O3/c12-5-8-10-9(14-11-8)6-3-1-2-4-7(6)13/h1-5,13H. The van der Waals surface area contributed by atoms with Gasteiger partial charge in [0.15, 0.2) is 6.29 Å². The van der Waals surface area contributed by atoms with Crippen LogP contribution in [0.4, 0.5) is 0 Å². The number of carbonyl (C=O) groups is 1. The zero-order valence-corrected chi connectivity index (χ0v) is 7.04. The normalized spacial score (nSPS) is 10.0. The first-order valence-electron chi connectivity index (χ1n) is 3.88. The Morgan fingerprint density at radius 3 is 2.79 bits per heavy atom. The number of aldehydes is 1. The number of carbonyl (C=O) groups excluding carboxylic acids is 1. The van der Waals surface area contributed by atoms with Crippen LogP contribution in [-0.4, -0.2) is 21.5 Å². The van der Waals surface area contributed by atoms with E-state index in [9.17, 15) is 9.90 Å². The minimum absolute atomic E-state index is 0.0357. The summed E-state index contributed by atoms with van der Waals surface area (Å²) in [4.78, 5) is 14.0. The van der Waals surface area contributed by atoms with Crippen LogP contribution in [0.1, 0.15) is 10.6 Å². The van der Waals surface area contributed by atoms with Gasteiger partial charge in [-0.15, -0.1) is 0 Å². The van der Waals surface area contributed by atoms with Crippen LogP contribution < -0.4 is 0 Å². The summed E-state index contributed by atoms with van der Waals surface area (Å²) < 4.78 is 4.77. The third-order valence-corrected chi connectivity index (χ3v) is 1.68. The number of aromatic nitrogens is 2. The molecule has 0 spiro atoms. The van der Waals surface area contributed by atoms with Crippen molar-refractivity contribution in [1.29, 1.82) is 0 Å². The number of nitrogens with zero attached hydrogens (tertiary/aromatic N) is 2. The Labute approximate surface area is 79.0 Å². The summed E-state index contributed by atoms with van der Waals surface area (Å²) in [5.74, 6) is 0.127. The van der Waals surface area contributed by atoms with Crippen molar-refractivity contribution >= 4 is 6.29 Å².